The van der Waals surface area contributed by atoms with Crippen LogP contribution in [-0.4, -0.2) is 75.2 Å². The van der Waals surface area contributed by atoms with Gasteiger partial charge in [0.2, 0.25) is 0 Å². The largest absolute Gasteiger partial charge is 0.357 e. The van der Waals surface area contributed by atoms with Gasteiger partial charge in [0.1, 0.15) is 0 Å². The first-order chi connectivity index (χ1) is 12.3. The minimum atomic E-state index is 0.933. The molecule has 2 rings (SSSR count). The smallest absolute Gasteiger partial charge is 0.191 e. The van der Waals surface area contributed by atoms with E-state index < -0.39 is 0 Å². The van der Waals surface area contributed by atoms with E-state index in [9.17, 15) is 0 Å². The van der Waals surface area contributed by atoms with Gasteiger partial charge in [-0.25, -0.2) is 0 Å². The third kappa shape index (κ3) is 8.91. The Hall–Kier alpha value is -0.810. The van der Waals surface area contributed by atoms with Gasteiger partial charge in [-0.05, 0) is 52.2 Å². The van der Waals surface area contributed by atoms with Crippen LogP contribution in [0.2, 0.25) is 0 Å². The number of nitrogens with zero attached hydrogens (tertiary/aromatic N) is 3. The molecule has 1 saturated heterocycles. The van der Waals surface area contributed by atoms with Gasteiger partial charge in [0, 0.05) is 39.3 Å². The van der Waals surface area contributed by atoms with E-state index in [1.54, 1.807) is 0 Å². The van der Waals surface area contributed by atoms with Crippen molar-refractivity contribution in [1.82, 2.24) is 20.4 Å². The van der Waals surface area contributed by atoms with Gasteiger partial charge in [0.05, 0.1) is 0 Å². The van der Waals surface area contributed by atoms with E-state index in [0.29, 0.717) is 0 Å². The van der Waals surface area contributed by atoms with Gasteiger partial charge in [0.25, 0.3) is 0 Å². The number of hydrogen-bond acceptors (Lipinski definition) is 3. The molecule has 2 aliphatic rings. The fourth-order valence-electron chi connectivity index (χ4n) is 4.04. The predicted molar refractivity (Wildman–Crippen MR) is 108 cm³/mol. The fourth-order valence-corrected chi connectivity index (χ4v) is 4.04. The zero-order chi connectivity index (χ0) is 17.7. The molecule has 0 unspecified atom stereocenters. The van der Waals surface area contributed by atoms with Gasteiger partial charge in [-0.3, -0.25) is 4.99 Å². The lowest BCUT2D eigenvalue weighted by Gasteiger charge is -2.21. The molecule has 2 fully saturated rings. The maximum absolute atomic E-state index is 4.78. The lowest BCUT2D eigenvalue weighted by molar-refractivity contribution is 0.280. The van der Waals surface area contributed by atoms with Crippen LogP contribution >= 0.6 is 0 Å². The summed E-state index contributed by atoms with van der Waals surface area (Å²) in [6, 6.07) is 0. The first-order valence-corrected chi connectivity index (χ1v) is 10.7. The topological polar surface area (TPSA) is 42.9 Å². The molecular formula is C20H41N5. The summed E-state index contributed by atoms with van der Waals surface area (Å²) < 4.78 is 0. The third-order valence-electron chi connectivity index (χ3n) is 5.64. The van der Waals surface area contributed by atoms with Gasteiger partial charge in [-0.1, -0.05) is 32.1 Å². The summed E-state index contributed by atoms with van der Waals surface area (Å²) >= 11 is 0. The van der Waals surface area contributed by atoms with Crippen LogP contribution in [0, 0.1) is 5.92 Å². The molecule has 0 atom stereocenters. The van der Waals surface area contributed by atoms with Crippen LogP contribution in [0.25, 0.3) is 0 Å². The van der Waals surface area contributed by atoms with Crippen molar-refractivity contribution >= 4 is 5.96 Å². The minimum absolute atomic E-state index is 0.933. The van der Waals surface area contributed by atoms with Crippen LogP contribution < -0.4 is 10.6 Å². The maximum atomic E-state index is 4.78. The number of aliphatic imine (C=N–C) groups is 1. The molecule has 0 aromatic carbocycles. The molecule has 0 amide bonds. The SMILES string of the molecule is CCNC(=NCCCC1CCCCC1)NCCN1CCCN(C)CC1. The molecule has 0 aromatic heterocycles. The van der Waals surface area contributed by atoms with Crippen molar-refractivity contribution in [2.24, 2.45) is 10.9 Å². The lowest BCUT2D eigenvalue weighted by atomic mass is 9.86. The molecule has 1 heterocycles. The number of rotatable bonds is 8. The molecule has 1 aliphatic heterocycles. The Bertz CT molecular complexity index is 365. The highest BCUT2D eigenvalue weighted by atomic mass is 15.2. The summed E-state index contributed by atoms with van der Waals surface area (Å²) in [5, 5.41) is 6.91. The summed E-state index contributed by atoms with van der Waals surface area (Å²) in [6.45, 7) is 11.0. The highest BCUT2D eigenvalue weighted by Crippen LogP contribution is 2.27. The van der Waals surface area contributed by atoms with E-state index in [4.69, 9.17) is 4.99 Å². The van der Waals surface area contributed by atoms with Crippen molar-refractivity contribution in [2.75, 3.05) is 59.4 Å². The summed E-state index contributed by atoms with van der Waals surface area (Å²) in [7, 11) is 2.23. The van der Waals surface area contributed by atoms with Crippen molar-refractivity contribution in [3.8, 4) is 0 Å². The summed E-state index contributed by atoms with van der Waals surface area (Å²) in [5.41, 5.74) is 0. The van der Waals surface area contributed by atoms with Crippen molar-refractivity contribution in [3.63, 3.8) is 0 Å². The Morgan fingerprint density at radius 2 is 1.84 bits per heavy atom. The lowest BCUT2D eigenvalue weighted by Crippen LogP contribution is -2.42. The van der Waals surface area contributed by atoms with Crippen molar-refractivity contribution in [2.45, 2.75) is 58.3 Å². The highest BCUT2D eigenvalue weighted by molar-refractivity contribution is 5.79. The van der Waals surface area contributed by atoms with Crippen molar-refractivity contribution < 1.29 is 0 Å². The monoisotopic (exact) mass is 351 g/mol. The van der Waals surface area contributed by atoms with E-state index in [-0.39, 0.29) is 0 Å². The molecule has 5 heteroatoms. The number of nitrogens with one attached hydrogen (secondary N) is 2. The van der Waals surface area contributed by atoms with Crippen molar-refractivity contribution in [3.05, 3.63) is 0 Å². The molecule has 1 saturated carbocycles. The van der Waals surface area contributed by atoms with Gasteiger partial charge in [-0.15, -0.1) is 0 Å². The average molecular weight is 352 g/mol. The molecule has 0 radical (unpaired) electrons. The van der Waals surface area contributed by atoms with Crippen LogP contribution in [0.15, 0.2) is 4.99 Å². The Morgan fingerprint density at radius 1 is 1.00 bits per heavy atom. The number of guanidine groups is 1. The highest BCUT2D eigenvalue weighted by Gasteiger charge is 2.13. The first kappa shape index (κ1) is 20.5. The van der Waals surface area contributed by atoms with Crippen LogP contribution in [-0.2, 0) is 0 Å². The molecule has 0 bridgehead atoms. The van der Waals surface area contributed by atoms with Crippen molar-refractivity contribution in [1.29, 1.82) is 0 Å². The van der Waals surface area contributed by atoms with Crippen LogP contribution in [0.5, 0.6) is 0 Å². The molecule has 1 aliphatic carbocycles. The van der Waals surface area contributed by atoms with E-state index in [0.717, 1.165) is 38.1 Å². The average Bonchev–Trinajstić information content (AvgIpc) is 2.84. The first-order valence-electron chi connectivity index (χ1n) is 10.7. The Balaban J connectivity index is 1.61. The summed E-state index contributed by atoms with van der Waals surface area (Å²) in [6.07, 6.45) is 11.1. The fraction of sp³-hybridized carbons (Fsp3) is 0.950. The Morgan fingerprint density at radius 3 is 2.64 bits per heavy atom. The van der Waals surface area contributed by atoms with Gasteiger partial charge in [-0.2, -0.15) is 0 Å². The Kier molecular flexibility index (Phi) is 10.3. The molecule has 146 valence electrons. The summed E-state index contributed by atoms with van der Waals surface area (Å²) in [4.78, 5) is 9.79. The quantitative estimate of drug-likeness (QED) is 0.401. The van der Waals surface area contributed by atoms with Crippen LogP contribution in [0.1, 0.15) is 58.3 Å². The number of hydrogen-bond donors (Lipinski definition) is 2. The normalized spacial score (nSPS) is 21.9. The molecular weight excluding hydrogens is 310 g/mol. The summed E-state index contributed by atoms with van der Waals surface area (Å²) in [5.74, 6) is 1.97. The predicted octanol–water partition coefficient (Wildman–Crippen LogP) is 2.54. The molecule has 5 nitrogen and oxygen atoms in total. The second-order valence-corrected chi connectivity index (χ2v) is 7.83. The van der Waals surface area contributed by atoms with E-state index in [1.165, 1.54) is 77.5 Å². The molecule has 2 N–H and O–H groups in total. The Labute approximate surface area is 155 Å². The van der Waals surface area contributed by atoms with E-state index >= 15 is 0 Å². The minimum Gasteiger partial charge on any atom is -0.357 e. The molecule has 25 heavy (non-hydrogen) atoms. The van der Waals surface area contributed by atoms with Crippen LogP contribution in [0.3, 0.4) is 0 Å². The van der Waals surface area contributed by atoms with Crippen LogP contribution in [0.4, 0.5) is 0 Å². The van der Waals surface area contributed by atoms with E-state index in [2.05, 4.69) is 34.4 Å². The van der Waals surface area contributed by atoms with Gasteiger partial charge < -0.3 is 20.4 Å². The maximum Gasteiger partial charge on any atom is 0.191 e. The zero-order valence-electron chi connectivity index (χ0n) is 16.7. The van der Waals surface area contributed by atoms with E-state index in [1.807, 2.05) is 0 Å². The van der Waals surface area contributed by atoms with Gasteiger partial charge in [0.15, 0.2) is 5.96 Å². The molecule has 0 spiro atoms. The third-order valence-corrected chi connectivity index (χ3v) is 5.64. The molecule has 0 aromatic rings. The standard InChI is InChI=1S/C20H41N5/c1-3-21-20(22-12-7-11-19-9-5-4-6-10-19)23-13-16-25-15-8-14-24(2)17-18-25/h19H,3-18H2,1-2H3,(H2,21,22,23). The zero-order valence-corrected chi connectivity index (χ0v) is 16.7. The second kappa shape index (κ2) is 12.5. The number of likely N-dealkylation sites (N-methyl/N-ethyl adjacent to an activating group) is 1. The second-order valence-electron chi connectivity index (χ2n) is 7.83. The van der Waals surface area contributed by atoms with Gasteiger partial charge >= 0.3 is 0 Å².